The third-order valence-electron chi connectivity index (χ3n) is 3.43. The maximum Gasteiger partial charge on any atom is 0.251 e. The highest BCUT2D eigenvalue weighted by molar-refractivity contribution is 6.27. The van der Waals surface area contributed by atoms with Crippen LogP contribution in [0.5, 0.6) is 0 Å². The molecule has 20 heavy (non-hydrogen) atoms. The van der Waals surface area contributed by atoms with Crippen molar-refractivity contribution in [3.63, 3.8) is 0 Å². The van der Waals surface area contributed by atoms with Crippen LogP contribution in [0.4, 0.5) is 0 Å². The summed E-state index contributed by atoms with van der Waals surface area (Å²) in [5.41, 5.74) is 7.12. The molecule has 0 bridgehead atoms. The Kier molecular flexibility index (Phi) is 4.98. The van der Waals surface area contributed by atoms with Crippen molar-refractivity contribution in [2.24, 2.45) is 11.7 Å². The van der Waals surface area contributed by atoms with Crippen LogP contribution in [0.1, 0.15) is 15.9 Å². The van der Waals surface area contributed by atoms with E-state index in [2.05, 4.69) is 5.32 Å². The Hall–Kier alpha value is -1.59. The molecule has 6 heteroatoms. The number of rotatable bonds is 5. The van der Waals surface area contributed by atoms with E-state index in [9.17, 15) is 9.59 Å². The molecule has 0 atom stereocenters. The van der Waals surface area contributed by atoms with Gasteiger partial charge in [-0.1, -0.05) is 12.1 Å². The van der Waals surface area contributed by atoms with Gasteiger partial charge < -0.3 is 16.0 Å². The van der Waals surface area contributed by atoms with E-state index < -0.39 is 0 Å². The van der Waals surface area contributed by atoms with Crippen LogP contribution in [0.25, 0.3) is 0 Å². The Bertz CT molecular complexity index is 484. The first-order chi connectivity index (χ1) is 9.63. The van der Waals surface area contributed by atoms with E-state index in [0.29, 0.717) is 37.7 Å². The van der Waals surface area contributed by atoms with Crippen LogP contribution in [-0.2, 0) is 11.3 Å². The second-order valence-electron chi connectivity index (χ2n) is 4.91. The molecule has 0 aliphatic carbocycles. The fourth-order valence-electron chi connectivity index (χ4n) is 2.12. The zero-order valence-electron chi connectivity index (χ0n) is 11.1. The molecule has 2 rings (SSSR count). The third kappa shape index (κ3) is 3.49. The first kappa shape index (κ1) is 14.8. The van der Waals surface area contributed by atoms with Crippen molar-refractivity contribution in [3.05, 3.63) is 35.4 Å². The summed E-state index contributed by atoms with van der Waals surface area (Å²) >= 11 is 5.47. The highest BCUT2D eigenvalue weighted by atomic mass is 35.5. The van der Waals surface area contributed by atoms with E-state index in [1.54, 1.807) is 17.0 Å². The first-order valence-corrected chi connectivity index (χ1v) is 7.08. The smallest absolute Gasteiger partial charge is 0.251 e. The number of carbonyl (C=O) groups excluding carboxylic acids is 2. The highest BCUT2D eigenvalue weighted by Gasteiger charge is 2.29. The lowest BCUT2D eigenvalue weighted by Gasteiger charge is -2.39. The fraction of sp³-hybridized carbons (Fsp3) is 0.429. The average molecular weight is 296 g/mol. The van der Waals surface area contributed by atoms with Crippen LogP contribution in [0.3, 0.4) is 0 Å². The van der Waals surface area contributed by atoms with Crippen LogP contribution in [0, 0.1) is 5.92 Å². The molecule has 1 saturated heterocycles. The number of halogens is 1. The van der Waals surface area contributed by atoms with Crippen molar-refractivity contribution < 1.29 is 9.59 Å². The SMILES string of the molecule is NCc1ccc(C(=O)NCC2CN(C(=O)CCl)C2)cc1. The Morgan fingerprint density at radius 1 is 1.30 bits per heavy atom. The maximum atomic E-state index is 11.9. The van der Waals surface area contributed by atoms with Gasteiger partial charge in [-0.05, 0) is 17.7 Å². The average Bonchev–Trinajstić information content (AvgIpc) is 2.45. The molecule has 1 aliphatic heterocycles. The van der Waals surface area contributed by atoms with Crippen molar-refractivity contribution in [2.75, 3.05) is 25.5 Å². The molecule has 0 spiro atoms. The predicted octanol–water partition coefficient (Wildman–Crippen LogP) is 0.572. The van der Waals surface area contributed by atoms with Gasteiger partial charge in [-0.25, -0.2) is 0 Å². The minimum atomic E-state index is -0.101. The van der Waals surface area contributed by atoms with E-state index >= 15 is 0 Å². The lowest BCUT2D eigenvalue weighted by molar-refractivity contribution is -0.134. The summed E-state index contributed by atoms with van der Waals surface area (Å²) < 4.78 is 0. The summed E-state index contributed by atoms with van der Waals surface area (Å²) in [7, 11) is 0. The second kappa shape index (κ2) is 6.72. The van der Waals surface area contributed by atoms with E-state index in [4.69, 9.17) is 17.3 Å². The van der Waals surface area contributed by atoms with Gasteiger partial charge >= 0.3 is 0 Å². The number of alkyl halides is 1. The summed E-state index contributed by atoms with van der Waals surface area (Å²) in [6.07, 6.45) is 0. The van der Waals surface area contributed by atoms with Gasteiger partial charge in [-0.2, -0.15) is 0 Å². The van der Waals surface area contributed by atoms with Crippen LogP contribution >= 0.6 is 11.6 Å². The van der Waals surface area contributed by atoms with Gasteiger partial charge in [0.25, 0.3) is 5.91 Å². The van der Waals surface area contributed by atoms with Gasteiger partial charge in [0.05, 0.1) is 0 Å². The molecule has 2 amide bonds. The number of hydrogen-bond donors (Lipinski definition) is 2. The number of nitrogens with one attached hydrogen (secondary N) is 1. The Morgan fingerprint density at radius 2 is 1.95 bits per heavy atom. The Labute approximate surface area is 123 Å². The minimum Gasteiger partial charge on any atom is -0.352 e. The van der Waals surface area contributed by atoms with Gasteiger partial charge in [-0.3, -0.25) is 9.59 Å². The molecule has 1 fully saturated rings. The van der Waals surface area contributed by atoms with Crippen molar-refractivity contribution >= 4 is 23.4 Å². The van der Waals surface area contributed by atoms with Crippen molar-refractivity contribution in [3.8, 4) is 0 Å². The van der Waals surface area contributed by atoms with E-state index in [1.807, 2.05) is 12.1 Å². The number of nitrogens with zero attached hydrogens (tertiary/aromatic N) is 1. The Balaban J connectivity index is 1.74. The molecule has 1 aliphatic rings. The number of nitrogens with two attached hydrogens (primary N) is 1. The summed E-state index contributed by atoms with van der Waals surface area (Å²) in [5, 5.41) is 2.87. The number of amides is 2. The van der Waals surface area contributed by atoms with Gasteiger partial charge in [0.1, 0.15) is 5.88 Å². The lowest BCUT2D eigenvalue weighted by Crippen LogP contribution is -2.54. The third-order valence-corrected chi connectivity index (χ3v) is 3.66. The maximum absolute atomic E-state index is 11.9. The van der Waals surface area contributed by atoms with Gasteiger partial charge in [0, 0.05) is 37.7 Å². The monoisotopic (exact) mass is 295 g/mol. The Morgan fingerprint density at radius 3 is 2.50 bits per heavy atom. The van der Waals surface area contributed by atoms with Crippen LogP contribution in [-0.4, -0.2) is 42.2 Å². The van der Waals surface area contributed by atoms with E-state index in [1.165, 1.54) is 0 Å². The summed E-state index contributed by atoms with van der Waals surface area (Å²) in [4.78, 5) is 24.9. The van der Waals surface area contributed by atoms with Crippen LogP contribution < -0.4 is 11.1 Å². The number of likely N-dealkylation sites (tertiary alicyclic amines) is 1. The quantitative estimate of drug-likeness (QED) is 0.780. The summed E-state index contributed by atoms with van der Waals surface area (Å²) in [6.45, 7) is 2.37. The molecule has 1 aromatic carbocycles. The fourth-order valence-corrected chi connectivity index (χ4v) is 2.29. The van der Waals surface area contributed by atoms with Gasteiger partial charge in [0.15, 0.2) is 0 Å². The molecule has 0 aromatic heterocycles. The highest BCUT2D eigenvalue weighted by Crippen LogP contribution is 2.15. The normalized spacial score (nSPS) is 14.8. The molecule has 0 saturated carbocycles. The van der Waals surface area contributed by atoms with Crippen LogP contribution in [0.15, 0.2) is 24.3 Å². The molecule has 108 valence electrons. The second-order valence-corrected chi connectivity index (χ2v) is 5.18. The first-order valence-electron chi connectivity index (χ1n) is 6.55. The summed E-state index contributed by atoms with van der Waals surface area (Å²) in [5.74, 6) is 0.184. The molecule has 1 aromatic rings. The van der Waals surface area contributed by atoms with Gasteiger partial charge in [-0.15, -0.1) is 11.6 Å². The zero-order chi connectivity index (χ0) is 14.5. The van der Waals surface area contributed by atoms with Crippen molar-refractivity contribution in [1.29, 1.82) is 0 Å². The molecule has 5 nitrogen and oxygen atoms in total. The zero-order valence-corrected chi connectivity index (χ0v) is 11.9. The predicted molar refractivity (Wildman–Crippen MR) is 77.5 cm³/mol. The number of hydrogen-bond acceptors (Lipinski definition) is 3. The standard InChI is InChI=1S/C14H18ClN3O2/c15-5-13(19)18-8-11(9-18)7-17-14(20)12-3-1-10(6-16)2-4-12/h1-4,11H,5-9,16H2,(H,17,20). The minimum absolute atomic E-state index is 0.0204. The van der Waals surface area contributed by atoms with E-state index in [0.717, 1.165) is 5.56 Å². The molecular weight excluding hydrogens is 278 g/mol. The molecule has 1 heterocycles. The topological polar surface area (TPSA) is 75.4 Å². The lowest BCUT2D eigenvalue weighted by atomic mass is 10.00. The molecule has 3 N–H and O–H groups in total. The van der Waals surface area contributed by atoms with E-state index in [-0.39, 0.29) is 17.7 Å². The molecule has 0 unspecified atom stereocenters. The summed E-state index contributed by atoms with van der Waals surface area (Å²) in [6, 6.07) is 7.22. The largest absolute Gasteiger partial charge is 0.352 e. The van der Waals surface area contributed by atoms with Crippen LogP contribution in [0.2, 0.25) is 0 Å². The van der Waals surface area contributed by atoms with Crippen molar-refractivity contribution in [1.82, 2.24) is 10.2 Å². The number of carbonyl (C=O) groups is 2. The van der Waals surface area contributed by atoms with Gasteiger partial charge in [0.2, 0.25) is 5.91 Å². The van der Waals surface area contributed by atoms with Crippen molar-refractivity contribution in [2.45, 2.75) is 6.54 Å². The molecular formula is C14H18ClN3O2. The number of benzene rings is 1. The molecule has 0 radical (unpaired) electrons.